The lowest BCUT2D eigenvalue weighted by Gasteiger charge is -2.12. The summed E-state index contributed by atoms with van der Waals surface area (Å²) in [7, 11) is -2.34. The maximum Gasteiger partial charge on any atom is 0.261 e. The van der Waals surface area contributed by atoms with E-state index in [0.29, 0.717) is 17.0 Å². The third-order valence-corrected chi connectivity index (χ3v) is 4.52. The molecule has 2 rings (SSSR count). The molecular weight excluding hydrogens is 314 g/mol. The van der Waals surface area contributed by atoms with E-state index in [1.165, 1.54) is 25.3 Å². The highest BCUT2D eigenvalue weighted by Crippen LogP contribution is 2.28. The van der Waals surface area contributed by atoms with Crippen molar-refractivity contribution in [3.8, 4) is 5.75 Å². The van der Waals surface area contributed by atoms with Crippen molar-refractivity contribution in [2.75, 3.05) is 11.8 Å². The lowest BCUT2D eigenvalue weighted by molar-refractivity contribution is 0.282. The maximum atomic E-state index is 12.3. The molecule has 2 N–H and O–H groups in total. The summed E-state index contributed by atoms with van der Waals surface area (Å²) in [5.41, 5.74) is 0.813. The van der Waals surface area contributed by atoms with Gasteiger partial charge in [0, 0.05) is 5.56 Å². The van der Waals surface area contributed by atoms with Gasteiger partial charge in [0.15, 0.2) is 0 Å². The van der Waals surface area contributed by atoms with Crippen LogP contribution in [-0.4, -0.2) is 20.6 Å². The van der Waals surface area contributed by atoms with Crippen LogP contribution in [0.5, 0.6) is 5.75 Å². The topological polar surface area (TPSA) is 75.6 Å². The number of nitrogens with one attached hydrogen (secondary N) is 1. The standard InChI is InChI=1S/C14H14ClNO4S/c1-20-14-7-6-11(8-12(14)15)21(18,19)16-13-5-3-2-4-10(13)9-17/h2-8,16-17H,9H2,1H3. The molecule has 0 fully saturated rings. The first-order chi connectivity index (χ1) is 9.97. The molecule has 0 spiro atoms. The van der Waals surface area contributed by atoms with E-state index in [1.807, 2.05) is 0 Å². The van der Waals surface area contributed by atoms with E-state index in [1.54, 1.807) is 24.3 Å². The van der Waals surface area contributed by atoms with Crippen molar-refractivity contribution in [3.05, 3.63) is 53.1 Å². The van der Waals surface area contributed by atoms with Gasteiger partial charge in [-0.2, -0.15) is 0 Å². The van der Waals surface area contributed by atoms with E-state index in [2.05, 4.69) is 4.72 Å². The van der Waals surface area contributed by atoms with Crippen molar-refractivity contribution in [2.45, 2.75) is 11.5 Å². The third kappa shape index (κ3) is 3.47. The molecule has 0 amide bonds. The average Bonchev–Trinajstić information content (AvgIpc) is 2.47. The predicted octanol–water partition coefficient (Wildman–Crippen LogP) is 2.64. The number of benzene rings is 2. The molecule has 0 bridgehead atoms. The fourth-order valence-electron chi connectivity index (χ4n) is 1.78. The summed E-state index contributed by atoms with van der Waals surface area (Å²) in [6, 6.07) is 10.8. The number of rotatable bonds is 5. The SMILES string of the molecule is COc1ccc(S(=O)(=O)Nc2ccccc2CO)cc1Cl. The Balaban J connectivity index is 2.36. The number of methoxy groups -OCH3 is 1. The normalized spacial score (nSPS) is 11.2. The molecule has 0 aliphatic heterocycles. The Bertz CT molecular complexity index is 746. The van der Waals surface area contributed by atoms with Gasteiger partial charge in [0.1, 0.15) is 5.75 Å². The van der Waals surface area contributed by atoms with E-state index >= 15 is 0 Å². The van der Waals surface area contributed by atoms with Gasteiger partial charge in [-0.1, -0.05) is 29.8 Å². The molecule has 0 aliphatic rings. The molecule has 0 radical (unpaired) electrons. The molecule has 0 saturated heterocycles. The first kappa shape index (κ1) is 15.6. The van der Waals surface area contributed by atoms with Crippen molar-refractivity contribution < 1.29 is 18.3 Å². The molecule has 7 heteroatoms. The van der Waals surface area contributed by atoms with Gasteiger partial charge in [0.2, 0.25) is 0 Å². The minimum atomic E-state index is -3.79. The van der Waals surface area contributed by atoms with Crippen LogP contribution in [-0.2, 0) is 16.6 Å². The molecule has 5 nitrogen and oxygen atoms in total. The second-order valence-electron chi connectivity index (χ2n) is 4.22. The lowest BCUT2D eigenvalue weighted by atomic mass is 10.2. The molecule has 2 aromatic rings. The number of hydrogen-bond donors (Lipinski definition) is 2. The van der Waals surface area contributed by atoms with Crippen molar-refractivity contribution in [1.82, 2.24) is 0 Å². The Morgan fingerprint density at radius 3 is 2.57 bits per heavy atom. The first-order valence-corrected chi connectivity index (χ1v) is 7.89. The number of aliphatic hydroxyl groups is 1. The van der Waals surface area contributed by atoms with Crippen LogP contribution in [0.25, 0.3) is 0 Å². The van der Waals surface area contributed by atoms with E-state index < -0.39 is 10.0 Å². The number of para-hydroxylation sites is 1. The van der Waals surface area contributed by atoms with E-state index in [9.17, 15) is 13.5 Å². The quantitative estimate of drug-likeness (QED) is 0.885. The van der Waals surface area contributed by atoms with E-state index in [-0.39, 0.29) is 16.5 Å². The highest BCUT2D eigenvalue weighted by Gasteiger charge is 2.17. The predicted molar refractivity (Wildman–Crippen MR) is 81.2 cm³/mol. The van der Waals surface area contributed by atoms with Crippen molar-refractivity contribution >= 4 is 27.3 Å². The van der Waals surface area contributed by atoms with Gasteiger partial charge in [-0.25, -0.2) is 8.42 Å². The molecular formula is C14H14ClNO4S. The van der Waals surface area contributed by atoms with Crippen molar-refractivity contribution in [1.29, 1.82) is 0 Å². The van der Waals surface area contributed by atoms with Gasteiger partial charge in [-0.3, -0.25) is 4.72 Å². The van der Waals surface area contributed by atoms with Crippen LogP contribution in [0.2, 0.25) is 5.02 Å². The minimum absolute atomic E-state index is 0.0149. The summed E-state index contributed by atoms with van der Waals surface area (Å²) in [4.78, 5) is 0.0149. The number of anilines is 1. The molecule has 2 aromatic carbocycles. The highest BCUT2D eigenvalue weighted by atomic mass is 35.5. The monoisotopic (exact) mass is 327 g/mol. The van der Waals surface area contributed by atoms with Gasteiger partial charge in [-0.05, 0) is 24.3 Å². The van der Waals surface area contributed by atoms with Gasteiger partial charge in [0.25, 0.3) is 10.0 Å². The van der Waals surface area contributed by atoms with Crippen LogP contribution in [0.3, 0.4) is 0 Å². The minimum Gasteiger partial charge on any atom is -0.495 e. The summed E-state index contributed by atoms with van der Waals surface area (Å²) in [6.07, 6.45) is 0. The van der Waals surface area contributed by atoms with Gasteiger partial charge in [0.05, 0.1) is 29.3 Å². The third-order valence-electron chi connectivity index (χ3n) is 2.87. The lowest BCUT2D eigenvalue weighted by Crippen LogP contribution is -2.14. The van der Waals surface area contributed by atoms with Crippen LogP contribution >= 0.6 is 11.6 Å². The molecule has 0 saturated carbocycles. The second-order valence-corrected chi connectivity index (χ2v) is 6.31. The number of aliphatic hydroxyl groups excluding tert-OH is 1. The Hall–Kier alpha value is -1.76. The first-order valence-electron chi connectivity index (χ1n) is 6.03. The zero-order valence-electron chi connectivity index (χ0n) is 11.2. The summed E-state index contributed by atoms with van der Waals surface area (Å²) in [6.45, 7) is -0.262. The van der Waals surface area contributed by atoms with Crippen LogP contribution in [0.4, 0.5) is 5.69 Å². The molecule has 0 unspecified atom stereocenters. The van der Waals surface area contributed by atoms with Crippen LogP contribution in [0, 0.1) is 0 Å². The van der Waals surface area contributed by atoms with Crippen LogP contribution in [0.1, 0.15) is 5.56 Å². The molecule has 112 valence electrons. The molecule has 21 heavy (non-hydrogen) atoms. The van der Waals surface area contributed by atoms with Crippen LogP contribution in [0.15, 0.2) is 47.4 Å². The van der Waals surface area contributed by atoms with Gasteiger partial charge < -0.3 is 9.84 Å². The Morgan fingerprint density at radius 1 is 1.24 bits per heavy atom. The fourth-order valence-corrected chi connectivity index (χ4v) is 3.22. The van der Waals surface area contributed by atoms with E-state index in [4.69, 9.17) is 16.3 Å². The van der Waals surface area contributed by atoms with Gasteiger partial charge >= 0.3 is 0 Å². The molecule has 0 aliphatic carbocycles. The van der Waals surface area contributed by atoms with Crippen molar-refractivity contribution in [2.24, 2.45) is 0 Å². The largest absolute Gasteiger partial charge is 0.495 e. The van der Waals surface area contributed by atoms with E-state index in [0.717, 1.165) is 0 Å². The summed E-state index contributed by atoms with van der Waals surface area (Å²) in [5, 5.41) is 9.43. The zero-order chi connectivity index (χ0) is 15.5. The molecule has 0 aromatic heterocycles. The number of halogens is 1. The van der Waals surface area contributed by atoms with Gasteiger partial charge in [-0.15, -0.1) is 0 Å². The molecule has 0 atom stereocenters. The number of hydrogen-bond acceptors (Lipinski definition) is 4. The summed E-state index contributed by atoms with van der Waals surface area (Å²) >= 11 is 5.94. The second kappa shape index (κ2) is 6.34. The average molecular weight is 328 g/mol. The Kier molecular flexibility index (Phi) is 4.72. The number of sulfonamides is 1. The fraction of sp³-hybridized carbons (Fsp3) is 0.143. The molecule has 0 heterocycles. The zero-order valence-corrected chi connectivity index (χ0v) is 12.8. The Morgan fingerprint density at radius 2 is 1.95 bits per heavy atom. The highest BCUT2D eigenvalue weighted by molar-refractivity contribution is 7.92. The van der Waals surface area contributed by atoms with Crippen molar-refractivity contribution in [3.63, 3.8) is 0 Å². The number of ether oxygens (including phenoxy) is 1. The Labute approximate surface area is 128 Å². The smallest absolute Gasteiger partial charge is 0.261 e. The summed E-state index contributed by atoms with van der Waals surface area (Å²) in [5.74, 6) is 0.395. The summed E-state index contributed by atoms with van der Waals surface area (Å²) < 4.78 is 32.1. The maximum absolute atomic E-state index is 12.3. The van der Waals surface area contributed by atoms with Crippen LogP contribution < -0.4 is 9.46 Å².